The summed E-state index contributed by atoms with van der Waals surface area (Å²) in [6, 6.07) is 17.5. The lowest BCUT2D eigenvalue weighted by atomic mass is 10.1. The zero-order valence-corrected chi connectivity index (χ0v) is 24.4. The van der Waals surface area contributed by atoms with E-state index in [1.807, 2.05) is 36.4 Å². The fourth-order valence-corrected chi connectivity index (χ4v) is 5.97. The molecule has 1 heterocycles. The zero-order chi connectivity index (χ0) is 24.4. The molecule has 0 aromatic heterocycles. The number of halogens is 4. The molecule has 10 heteroatoms. The van der Waals surface area contributed by atoms with Crippen molar-refractivity contribution in [2.24, 2.45) is 0 Å². The summed E-state index contributed by atoms with van der Waals surface area (Å²) in [7, 11) is 0. The van der Waals surface area contributed by atoms with Crippen molar-refractivity contribution in [2.45, 2.75) is 6.61 Å². The first-order chi connectivity index (χ1) is 16.2. The number of nitrogens with one attached hydrogen (secondary N) is 1. The number of amides is 2. The van der Waals surface area contributed by atoms with Crippen molar-refractivity contribution in [1.82, 2.24) is 5.32 Å². The number of ether oxygens (including phenoxy) is 1. The molecule has 2 amide bonds. The zero-order valence-electron chi connectivity index (χ0n) is 17.2. The third-order valence-electron chi connectivity index (χ3n) is 4.82. The van der Waals surface area contributed by atoms with Gasteiger partial charge in [-0.1, -0.05) is 24.3 Å². The fraction of sp³-hybridized carbons (Fsp3) is 0.0417. The first-order valence-corrected chi connectivity index (χ1v) is 13.4. The summed E-state index contributed by atoms with van der Waals surface area (Å²) in [5.74, 6) is -1.22. The van der Waals surface area contributed by atoms with E-state index in [9.17, 15) is 14.0 Å². The van der Waals surface area contributed by atoms with Gasteiger partial charge in [-0.2, -0.15) is 0 Å². The van der Waals surface area contributed by atoms with Gasteiger partial charge in [0.15, 0.2) is 5.11 Å². The third kappa shape index (κ3) is 5.60. The van der Waals surface area contributed by atoms with Gasteiger partial charge in [0.05, 0.1) is 12.8 Å². The van der Waals surface area contributed by atoms with Crippen LogP contribution in [0.5, 0.6) is 5.75 Å². The number of hydrogen-bond donors (Lipinski definition) is 1. The van der Waals surface area contributed by atoms with Gasteiger partial charge in [-0.15, -0.1) is 0 Å². The van der Waals surface area contributed by atoms with Gasteiger partial charge in [0, 0.05) is 3.57 Å². The maximum absolute atomic E-state index is 14.3. The molecule has 0 spiro atoms. The molecular formula is C24H14FI3N2O3S. The highest BCUT2D eigenvalue weighted by Gasteiger charge is 2.35. The average Bonchev–Trinajstić information content (AvgIpc) is 2.78. The van der Waals surface area contributed by atoms with E-state index in [-0.39, 0.29) is 16.4 Å². The van der Waals surface area contributed by atoms with Crippen LogP contribution in [-0.4, -0.2) is 16.9 Å². The SMILES string of the molecule is O=C1NC(=S)N(c2ccccc2F)C(=O)/C1=C/c1cc(I)c(OCc2ccc(I)cc2)c(I)c1. The second kappa shape index (κ2) is 11.0. The molecule has 1 aliphatic rings. The largest absolute Gasteiger partial charge is 0.487 e. The molecule has 1 fully saturated rings. The highest BCUT2D eigenvalue weighted by atomic mass is 127. The lowest BCUT2D eigenvalue weighted by Gasteiger charge is -2.29. The molecule has 1 saturated heterocycles. The predicted molar refractivity (Wildman–Crippen MR) is 158 cm³/mol. The van der Waals surface area contributed by atoms with Crippen LogP contribution in [0, 0.1) is 16.5 Å². The highest BCUT2D eigenvalue weighted by molar-refractivity contribution is 14.1. The third-order valence-corrected chi connectivity index (χ3v) is 7.43. The number of nitrogens with zero attached hydrogens (tertiary/aromatic N) is 1. The minimum atomic E-state index is -0.692. The number of anilines is 1. The number of thiocarbonyl (C=S) groups is 1. The van der Waals surface area contributed by atoms with Crippen molar-refractivity contribution in [1.29, 1.82) is 0 Å². The van der Waals surface area contributed by atoms with Crippen LogP contribution in [-0.2, 0) is 16.2 Å². The van der Waals surface area contributed by atoms with Gasteiger partial charge in [0.2, 0.25) is 0 Å². The number of carbonyl (C=O) groups excluding carboxylic acids is 2. The molecule has 0 radical (unpaired) electrons. The van der Waals surface area contributed by atoms with Crippen LogP contribution in [0.1, 0.15) is 11.1 Å². The number of carbonyl (C=O) groups is 2. The van der Waals surface area contributed by atoms with E-state index in [2.05, 4.69) is 73.1 Å². The van der Waals surface area contributed by atoms with E-state index in [4.69, 9.17) is 17.0 Å². The Morgan fingerprint density at radius 3 is 2.29 bits per heavy atom. The molecule has 0 aliphatic carbocycles. The molecule has 0 saturated carbocycles. The monoisotopic (exact) mass is 810 g/mol. The Morgan fingerprint density at radius 2 is 1.65 bits per heavy atom. The normalized spacial score (nSPS) is 15.0. The molecular weight excluding hydrogens is 796 g/mol. The minimum absolute atomic E-state index is 0.0214. The Kier molecular flexibility index (Phi) is 8.20. The number of para-hydroxylation sites is 1. The number of rotatable bonds is 5. The quantitative estimate of drug-likeness (QED) is 0.148. The van der Waals surface area contributed by atoms with Crippen LogP contribution >= 0.6 is 80.0 Å². The standard InChI is InChI=1S/C24H14FI3N2O3S/c25-17-3-1-2-4-20(17)30-23(32)16(22(31)29-24(30)34)9-14-10-18(27)21(19(28)11-14)33-12-13-5-7-15(26)8-6-13/h1-11H,12H2,(H,29,31,34)/b16-9+. The van der Waals surface area contributed by atoms with Crippen molar-refractivity contribution in [3.8, 4) is 5.75 Å². The molecule has 1 N–H and O–H groups in total. The summed E-state index contributed by atoms with van der Waals surface area (Å²) < 4.78 is 23.2. The van der Waals surface area contributed by atoms with Crippen molar-refractivity contribution in [2.75, 3.05) is 4.90 Å². The Bertz CT molecular complexity index is 1320. The Balaban J connectivity index is 1.61. The lowest BCUT2D eigenvalue weighted by Crippen LogP contribution is -2.54. The molecule has 4 rings (SSSR count). The Hall–Kier alpha value is -1.65. The first kappa shape index (κ1) is 25.4. The average molecular weight is 810 g/mol. The van der Waals surface area contributed by atoms with Gasteiger partial charge < -0.3 is 4.74 Å². The predicted octanol–water partition coefficient (Wildman–Crippen LogP) is 6.05. The molecule has 3 aromatic rings. The molecule has 0 bridgehead atoms. The van der Waals surface area contributed by atoms with Crippen molar-refractivity contribution in [3.05, 3.63) is 93.9 Å². The van der Waals surface area contributed by atoms with Crippen LogP contribution < -0.4 is 15.0 Å². The molecule has 0 atom stereocenters. The molecule has 3 aromatic carbocycles. The summed E-state index contributed by atoms with van der Waals surface area (Å²) in [5.41, 5.74) is 1.52. The van der Waals surface area contributed by atoms with Crippen molar-refractivity contribution >= 4 is 109 Å². The minimum Gasteiger partial charge on any atom is -0.487 e. The van der Waals surface area contributed by atoms with Gasteiger partial charge >= 0.3 is 0 Å². The summed E-state index contributed by atoms with van der Waals surface area (Å²) in [6.45, 7) is 0.416. The second-order valence-corrected chi connectivity index (χ2v) is 11.1. The highest BCUT2D eigenvalue weighted by Crippen LogP contribution is 2.31. The van der Waals surface area contributed by atoms with E-state index in [0.717, 1.165) is 26.9 Å². The van der Waals surface area contributed by atoms with Crippen LogP contribution in [0.3, 0.4) is 0 Å². The molecule has 172 valence electrons. The molecule has 1 aliphatic heterocycles. The fourth-order valence-electron chi connectivity index (χ4n) is 3.21. The van der Waals surface area contributed by atoms with E-state index in [0.29, 0.717) is 12.2 Å². The topological polar surface area (TPSA) is 58.6 Å². The van der Waals surface area contributed by atoms with E-state index in [1.54, 1.807) is 6.07 Å². The molecule has 0 unspecified atom stereocenters. The van der Waals surface area contributed by atoms with E-state index < -0.39 is 17.6 Å². The van der Waals surface area contributed by atoms with Gasteiger partial charge in [-0.05, 0) is 134 Å². The summed E-state index contributed by atoms with van der Waals surface area (Å²) in [6.07, 6.45) is 1.47. The Labute approximate surface area is 241 Å². The summed E-state index contributed by atoms with van der Waals surface area (Å²) in [4.78, 5) is 26.7. The van der Waals surface area contributed by atoms with E-state index >= 15 is 0 Å². The lowest BCUT2D eigenvalue weighted by molar-refractivity contribution is -0.122. The Morgan fingerprint density at radius 1 is 1.00 bits per heavy atom. The summed E-state index contributed by atoms with van der Waals surface area (Å²) >= 11 is 11.7. The maximum atomic E-state index is 14.3. The maximum Gasteiger partial charge on any atom is 0.270 e. The first-order valence-electron chi connectivity index (χ1n) is 9.77. The van der Waals surface area contributed by atoms with Gasteiger partial charge in [-0.25, -0.2) is 9.29 Å². The van der Waals surface area contributed by atoms with Crippen molar-refractivity contribution in [3.63, 3.8) is 0 Å². The van der Waals surface area contributed by atoms with Crippen LogP contribution in [0.4, 0.5) is 10.1 Å². The van der Waals surface area contributed by atoms with Crippen LogP contribution in [0.2, 0.25) is 0 Å². The van der Waals surface area contributed by atoms with E-state index in [1.165, 1.54) is 24.3 Å². The van der Waals surface area contributed by atoms with Gasteiger partial charge in [-0.3, -0.25) is 14.9 Å². The number of hydrogen-bond acceptors (Lipinski definition) is 4. The van der Waals surface area contributed by atoms with Gasteiger partial charge in [0.25, 0.3) is 11.8 Å². The smallest absolute Gasteiger partial charge is 0.270 e. The van der Waals surface area contributed by atoms with Gasteiger partial charge in [0.1, 0.15) is 23.7 Å². The van der Waals surface area contributed by atoms with Crippen molar-refractivity contribution < 1.29 is 18.7 Å². The van der Waals surface area contributed by atoms with Crippen LogP contribution in [0.15, 0.2) is 66.2 Å². The molecule has 34 heavy (non-hydrogen) atoms. The second-order valence-electron chi connectivity index (χ2n) is 7.14. The number of benzene rings is 3. The summed E-state index contributed by atoms with van der Waals surface area (Å²) in [5, 5.41) is 2.31. The van der Waals surface area contributed by atoms with Crippen LogP contribution in [0.25, 0.3) is 6.08 Å². The molecule has 5 nitrogen and oxygen atoms in total.